The average molecular weight is 178 g/mol. The van der Waals surface area contributed by atoms with Gasteiger partial charge in [-0.25, -0.2) is 0 Å². The molecule has 3 heteroatoms. The van der Waals surface area contributed by atoms with E-state index in [1.807, 2.05) is 18.2 Å². The number of hydrogen-bond acceptors (Lipinski definition) is 3. The van der Waals surface area contributed by atoms with Gasteiger partial charge in [-0.3, -0.25) is 0 Å². The van der Waals surface area contributed by atoms with E-state index >= 15 is 0 Å². The second-order valence-electron chi connectivity index (χ2n) is 3.45. The van der Waals surface area contributed by atoms with Crippen molar-refractivity contribution in [3.8, 4) is 0 Å². The maximum atomic E-state index is 9.11. The third-order valence-corrected chi connectivity index (χ3v) is 2.46. The van der Waals surface area contributed by atoms with E-state index in [1.165, 1.54) is 5.56 Å². The minimum absolute atomic E-state index is 0.0948. The van der Waals surface area contributed by atoms with E-state index in [9.17, 15) is 0 Å². The standard InChI is InChI=1S/C10H14N2O/c11-8-4-9-7(6-13)2-1-3-10(9)12-5-8/h1-3,8,12-13H,4-6,11H2/t8-/m0/s1. The molecular formula is C10H14N2O. The Morgan fingerprint density at radius 3 is 3.15 bits per heavy atom. The summed E-state index contributed by atoms with van der Waals surface area (Å²) in [6, 6.07) is 6.09. The van der Waals surface area contributed by atoms with Crippen molar-refractivity contribution < 1.29 is 5.11 Å². The molecule has 1 atom stereocenters. The first-order valence-electron chi connectivity index (χ1n) is 4.52. The van der Waals surface area contributed by atoms with Crippen LogP contribution in [0, 0.1) is 0 Å². The molecule has 0 spiro atoms. The van der Waals surface area contributed by atoms with Gasteiger partial charge in [0.25, 0.3) is 0 Å². The monoisotopic (exact) mass is 178 g/mol. The van der Waals surface area contributed by atoms with E-state index in [-0.39, 0.29) is 12.6 Å². The van der Waals surface area contributed by atoms with Crippen LogP contribution in [-0.2, 0) is 13.0 Å². The lowest BCUT2D eigenvalue weighted by Gasteiger charge is -2.25. The first kappa shape index (κ1) is 8.53. The lowest BCUT2D eigenvalue weighted by molar-refractivity contribution is 0.280. The van der Waals surface area contributed by atoms with Gasteiger partial charge in [0.05, 0.1) is 6.61 Å². The summed E-state index contributed by atoms with van der Waals surface area (Å²) in [5.74, 6) is 0. The number of aliphatic hydroxyl groups is 1. The first-order valence-corrected chi connectivity index (χ1v) is 4.52. The predicted octanol–water partition coefficient (Wildman–Crippen LogP) is 0.474. The number of anilines is 1. The molecular weight excluding hydrogens is 164 g/mol. The van der Waals surface area contributed by atoms with Gasteiger partial charge in [0.1, 0.15) is 0 Å². The quantitative estimate of drug-likeness (QED) is 0.586. The van der Waals surface area contributed by atoms with Crippen LogP contribution in [0.25, 0.3) is 0 Å². The predicted molar refractivity (Wildman–Crippen MR) is 52.5 cm³/mol. The lowest BCUT2D eigenvalue weighted by Crippen LogP contribution is -2.35. The third kappa shape index (κ3) is 1.53. The molecule has 0 saturated carbocycles. The second kappa shape index (κ2) is 3.36. The molecule has 1 aliphatic heterocycles. The fourth-order valence-corrected chi connectivity index (χ4v) is 1.76. The smallest absolute Gasteiger partial charge is 0.0685 e. The Labute approximate surface area is 77.6 Å². The highest BCUT2D eigenvalue weighted by atomic mass is 16.3. The van der Waals surface area contributed by atoms with Crippen LogP contribution in [-0.4, -0.2) is 17.7 Å². The molecule has 3 nitrogen and oxygen atoms in total. The van der Waals surface area contributed by atoms with Gasteiger partial charge in [0.15, 0.2) is 0 Å². The summed E-state index contributed by atoms with van der Waals surface area (Å²) in [5, 5.41) is 12.4. The van der Waals surface area contributed by atoms with Crippen molar-refractivity contribution in [2.24, 2.45) is 5.73 Å². The molecule has 1 aromatic carbocycles. The van der Waals surface area contributed by atoms with Crippen molar-refractivity contribution >= 4 is 5.69 Å². The Hall–Kier alpha value is -1.06. The Morgan fingerprint density at radius 2 is 2.38 bits per heavy atom. The Kier molecular flexibility index (Phi) is 2.20. The normalized spacial score (nSPS) is 20.6. The number of benzene rings is 1. The van der Waals surface area contributed by atoms with Gasteiger partial charge in [-0.05, 0) is 23.6 Å². The highest BCUT2D eigenvalue weighted by Gasteiger charge is 2.16. The molecule has 1 heterocycles. The minimum Gasteiger partial charge on any atom is -0.392 e. The zero-order valence-electron chi connectivity index (χ0n) is 7.46. The molecule has 0 radical (unpaired) electrons. The van der Waals surface area contributed by atoms with Gasteiger partial charge >= 0.3 is 0 Å². The number of fused-ring (bicyclic) bond motifs is 1. The molecule has 2 rings (SSSR count). The second-order valence-corrected chi connectivity index (χ2v) is 3.45. The van der Waals surface area contributed by atoms with E-state index in [0.29, 0.717) is 0 Å². The zero-order chi connectivity index (χ0) is 9.26. The minimum atomic E-state index is 0.0948. The molecule has 70 valence electrons. The van der Waals surface area contributed by atoms with Gasteiger partial charge in [-0.1, -0.05) is 12.1 Å². The summed E-state index contributed by atoms with van der Waals surface area (Å²) in [6.45, 7) is 0.916. The third-order valence-electron chi connectivity index (χ3n) is 2.46. The molecule has 0 aromatic heterocycles. The zero-order valence-corrected chi connectivity index (χ0v) is 7.46. The number of hydrogen-bond donors (Lipinski definition) is 3. The number of nitrogens with one attached hydrogen (secondary N) is 1. The molecule has 4 N–H and O–H groups in total. The summed E-state index contributed by atoms with van der Waals surface area (Å²) in [7, 11) is 0. The molecule has 0 fully saturated rings. The highest BCUT2D eigenvalue weighted by molar-refractivity contribution is 5.57. The van der Waals surface area contributed by atoms with Crippen molar-refractivity contribution in [1.82, 2.24) is 0 Å². The number of aliphatic hydroxyl groups excluding tert-OH is 1. The number of rotatable bonds is 1. The summed E-state index contributed by atoms with van der Waals surface area (Å²) in [4.78, 5) is 0. The van der Waals surface area contributed by atoms with Gasteiger partial charge in [-0.2, -0.15) is 0 Å². The van der Waals surface area contributed by atoms with Crippen molar-refractivity contribution in [3.05, 3.63) is 29.3 Å². The molecule has 0 aliphatic carbocycles. The maximum Gasteiger partial charge on any atom is 0.0685 e. The van der Waals surface area contributed by atoms with Crippen LogP contribution in [0.1, 0.15) is 11.1 Å². The van der Waals surface area contributed by atoms with Crippen LogP contribution in [0.4, 0.5) is 5.69 Å². The SMILES string of the molecule is N[C@@H]1CNc2cccc(CO)c2C1. The van der Waals surface area contributed by atoms with E-state index in [2.05, 4.69) is 5.32 Å². The first-order chi connectivity index (χ1) is 6.31. The summed E-state index contributed by atoms with van der Waals surface area (Å²) in [6.07, 6.45) is 0.860. The maximum absolute atomic E-state index is 9.11. The van der Waals surface area contributed by atoms with Gasteiger partial charge in [0, 0.05) is 18.3 Å². The largest absolute Gasteiger partial charge is 0.392 e. The van der Waals surface area contributed by atoms with Gasteiger partial charge in [0.2, 0.25) is 0 Å². The van der Waals surface area contributed by atoms with Gasteiger partial charge in [-0.15, -0.1) is 0 Å². The summed E-state index contributed by atoms with van der Waals surface area (Å²) < 4.78 is 0. The lowest BCUT2D eigenvalue weighted by atomic mass is 9.95. The topological polar surface area (TPSA) is 58.3 Å². The summed E-state index contributed by atoms with van der Waals surface area (Å²) in [5.41, 5.74) is 9.10. The molecule has 0 bridgehead atoms. The van der Waals surface area contributed by atoms with Crippen LogP contribution in [0.15, 0.2) is 18.2 Å². The van der Waals surface area contributed by atoms with Crippen LogP contribution in [0.5, 0.6) is 0 Å². The van der Waals surface area contributed by atoms with E-state index in [4.69, 9.17) is 10.8 Å². The fourth-order valence-electron chi connectivity index (χ4n) is 1.76. The molecule has 0 amide bonds. The molecule has 13 heavy (non-hydrogen) atoms. The highest BCUT2D eigenvalue weighted by Crippen LogP contribution is 2.24. The fraction of sp³-hybridized carbons (Fsp3) is 0.400. The van der Waals surface area contributed by atoms with E-state index in [0.717, 1.165) is 24.2 Å². The van der Waals surface area contributed by atoms with Crippen molar-refractivity contribution in [3.63, 3.8) is 0 Å². The van der Waals surface area contributed by atoms with E-state index < -0.39 is 0 Å². The van der Waals surface area contributed by atoms with Crippen LogP contribution >= 0.6 is 0 Å². The molecule has 1 aliphatic rings. The Morgan fingerprint density at radius 1 is 1.54 bits per heavy atom. The summed E-state index contributed by atoms with van der Waals surface area (Å²) >= 11 is 0. The van der Waals surface area contributed by atoms with E-state index in [1.54, 1.807) is 0 Å². The Bertz CT molecular complexity index is 298. The van der Waals surface area contributed by atoms with Crippen LogP contribution in [0.2, 0.25) is 0 Å². The molecule has 0 unspecified atom stereocenters. The van der Waals surface area contributed by atoms with Crippen molar-refractivity contribution in [2.45, 2.75) is 19.1 Å². The molecule has 0 saturated heterocycles. The molecule has 1 aromatic rings. The van der Waals surface area contributed by atoms with Crippen molar-refractivity contribution in [2.75, 3.05) is 11.9 Å². The number of nitrogens with two attached hydrogens (primary N) is 1. The van der Waals surface area contributed by atoms with Crippen LogP contribution in [0.3, 0.4) is 0 Å². The van der Waals surface area contributed by atoms with Crippen LogP contribution < -0.4 is 11.1 Å². The van der Waals surface area contributed by atoms with Crippen molar-refractivity contribution in [1.29, 1.82) is 0 Å². The average Bonchev–Trinajstić information content (AvgIpc) is 2.17. The van der Waals surface area contributed by atoms with Gasteiger partial charge < -0.3 is 16.2 Å². The Balaban J connectivity index is 2.41.